The van der Waals surface area contributed by atoms with Crippen molar-refractivity contribution in [2.45, 2.75) is 19.9 Å². The zero-order valence-corrected chi connectivity index (χ0v) is 8.98. The normalized spacial score (nSPS) is 13.3. The van der Waals surface area contributed by atoms with Crippen LogP contribution in [0.25, 0.3) is 0 Å². The van der Waals surface area contributed by atoms with Crippen molar-refractivity contribution in [2.75, 3.05) is 5.73 Å². The van der Waals surface area contributed by atoms with Crippen LogP contribution < -0.4 is 11.5 Å². The van der Waals surface area contributed by atoms with Gasteiger partial charge < -0.3 is 11.5 Å². The highest BCUT2D eigenvalue weighted by molar-refractivity contribution is 6.33. The summed E-state index contributed by atoms with van der Waals surface area (Å²) in [5.74, 6) is -0.217. The van der Waals surface area contributed by atoms with Crippen LogP contribution in [0.4, 0.5) is 10.1 Å². The average Bonchev–Trinajstić information content (AvgIpc) is 2.09. The highest BCUT2D eigenvalue weighted by Gasteiger charge is 2.16. The Bertz CT molecular complexity index is 339. The number of anilines is 1. The second-order valence-corrected chi connectivity index (χ2v) is 4.07. The van der Waals surface area contributed by atoms with Crippen molar-refractivity contribution in [3.63, 3.8) is 0 Å². The van der Waals surface area contributed by atoms with E-state index in [-0.39, 0.29) is 17.0 Å². The lowest BCUT2D eigenvalue weighted by Crippen LogP contribution is -2.18. The van der Waals surface area contributed by atoms with E-state index in [2.05, 4.69) is 0 Å². The molecule has 0 saturated carbocycles. The third-order valence-electron chi connectivity index (χ3n) is 2.20. The first-order valence-corrected chi connectivity index (χ1v) is 4.81. The summed E-state index contributed by atoms with van der Waals surface area (Å²) in [5, 5.41) is 0.219. The maximum atomic E-state index is 13.0. The first kappa shape index (κ1) is 11.3. The zero-order chi connectivity index (χ0) is 10.9. The van der Waals surface area contributed by atoms with Crippen molar-refractivity contribution < 1.29 is 4.39 Å². The van der Waals surface area contributed by atoms with Crippen molar-refractivity contribution >= 4 is 17.3 Å². The van der Waals surface area contributed by atoms with Gasteiger partial charge in [-0.25, -0.2) is 4.39 Å². The highest BCUT2D eigenvalue weighted by Crippen LogP contribution is 2.30. The van der Waals surface area contributed by atoms with E-state index in [0.717, 1.165) is 0 Å². The fourth-order valence-corrected chi connectivity index (χ4v) is 1.45. The third kappa shape index (κ3) is 2.16. The lowest BCUT2D eigenvalue weighted by molar-refractivity contribution is 0.511. The maximum absolute atomic E-state index is 13.0. The Hall–Kier alpha value is -0.800. The molecule has 1 atom stereocenters. The third-order valence-corrected chi connectivity index (χ3v) is 2.52. The molecule has 0 radical (unpaired) electrons. The molecule has 4 heteroatoms. The van der Waals surface area contributed by atoms with E-state index in [1.807, 2.05) is 13.8 Å². The van der Waals surface area contributed by atoms with Crippen LogP contribution >= 0.6 is 11.6 Å². The topological polar surface area (TPSA) is 52.0 Å². The van der Waals surface area contributed by atoms with Gasteiger partial charge in [0.15, 0.2) is 0 Å². The van der Waals surface area contributed by atoms with Crippen LogP contribution in [0.5, 0.6) is 0 Å². The second-order valence-electron chi connectivity index (χ2n) is 3.66. The number of hydrogen-bond acceptors (Lipinski definition) is 2. The first-order chi connectivity index (χ1) is 6.43. The maximum Gasteiger partial charge on any atom is 0.125 e. The van der Waals surface area contributed by atoms with E-state index in [1.54, 1.807) is 0 Å². The van der Waals surface area contributed by atoms with Crippen LogP contribution in [0.2, 0.25) is 5.02 Å². The Morgan fingerprint density at radius 1 is 1.36 bits per heavy atom. The fraction of sp³-hybridized carbons (Fsp3) is 0.400. The molecule has 0 aliphatic carbocycles. The minimum absolute atomic E-state index is 0.190. The van der Waals surface area contributed by atoms with Gasteiger partial charge in [-0.3, -0.25) is 0 Å². The van der Waals surface area contributed by atoms with Crippen LogP contribution in [0, 0.1) is 11.7 Å². The molecule has 78 valence electrons. The van der Waals surface area contributed by atoms with E-state index >= 15 is 0 Å². The molecule has 2 nitrogen and oxygen atoms in total. The van der Waals surface area contributed by atoms with Gasteiger partial charge in [0, 0.05) is 6.04 Å². The number of benzene rings is 1. The predicted octanol–water partition coefficient (Wildman–Crippen LogP) is 2.72. The zero-order valence-electron chi connectivity index (χ0n) is 8.22. The molecule has 0 fully saturated rings. The Balaban J connectivity index is 3.20. The lowest BCUT2D eigenvalue weighted by Gasteiger charge is -2.18. The number of rotatable bonds is 2. The minimum atomic E-state index is -0.407. The molecule has 0 bridgehead atoms. The molecule has 4 N–H and O–H groups in total. The first-order valence-electron chi connectivity index (χ1n) is 4.43. The standard InChI is InChI=1S/C10H14ClFN2/c1-5(2)9(13)7-3-6(12)4-8(11)10(7)14/h3-5,9H,13-14H2,1-2H3/t9-/m1/s1. The molecular weight excluding hydrogens is 203 g/mol. The van der Waals surface area contributed by atoms with E-state index in [0.29, 0.717) is 11.3 Å². The van der Waals surface area contributed by atoms with Gasteiger partial charge in [-0.05, 0) is 23.6 Å². The van der Waals surface area contributed by atoms with Crippen LogP contribution in [-0.4, -0.2) is 0 Å². The van der Waals surface area contributed by atoms with Gasteiger partial charge >= 0.3 is 0 Å². The van der Waals surface area contributed by atoms with Crippen molar-refractivity contribution in [3.8, 4) is 0 Å². The van der Waals surface area contributed by atoms with Crippen molar-refractivity contribution in [1.29, 1.82) is 0 Å². The van der Waals surface area contributed by atoms with Gasteiger partial charge in [-0.15, -0.1) is 0 Å². The predicted molar refractivity (Wildman–Crippen MR) is 57.6 cm³/mol. The molecule has 0 unspecified atom stereocenters. The van der Waals surface area contributed by atoms with Gasteiger partial charge in [-0.2, -0.15) is 0 Å². The van der Waals surface area contributed by atoms with E-state index in [1.165, 1.54) is 12.1 Å². The molecule has 0 spiro atoms. The number of halogens is 2. The molecule has 0 amide bonds. The highest BCUT2D eigenvalue weighted by atomic mass is 35.5. The summed E-state index contributed by atoms with van der Waals surface area (Å²) in [6.07, 6.45) is 0. The summed E-state index contributed by atoms with van der Waals surface area (Å²) in [7, 11) is 0. The monoisotopic (exact) mass is 216 g/mol. The molecule has 0 saturated heterocycles. The van der Waals surface area contributed by atoms with Crippen molar-refractivity contribution in [3.05, 3.63) is 28.5 Å². The molecule has 1 aromatic rings. The number of nitrogen functional groups attached to an aromatic ring is 1. The van der Waals surface area contributed by atoms with Gasteiger partial charge in [0.1, 0.15) is 5.82 Å². The number of nitrogens with two attached hydrogens (primary N) is 2. The number of hydrogen-bond donors (Lipinski definition) is 2. The smallest absolute Gasteiger partial charge is 0.125 e. The molecule has 0 aromatic heterocycles. The summed E-state index contributed by atoms with van der Waals surface area (Å²) < 4.78 is 13.0. The Morgan fingerprint density at radius 3 is 2.43 bits per heavy atom. The fourth-order valence-electron chi connectivity index (χ4n) is 1.24. The van der Waals surface area contributed by atoms with Crippen molar-refractivity contribution in [2.24, 2.45) is 11.7 Å². The SMILES string of the molecule is CC(C)[C@@H](N)c1cc(F)cc(Cl)c1N. The molecule has 1 aromatic carbocycles. The lowest BCUT2D eigenvalue weighted by atomic mass is 9.95. The van der Waals surface area contributed by atoms with E-state index in [4.69, 9.17) is 23.1 Å². The van der Waals surface area contributed by atoms with E-state index in [9.17, 15) is 4.39 Å². The summed E-state index contributed by atoms with van der Waals surface area (Å²) in [5.41, 5.74) is 12.5. The molecule has 14 heavy (non-hydrogen) atoms. The van der Waals surface area contributed by atoms with Gasteiger partial charge in [0.2, 0.25) is 0 Å². The molecular formula is C10H14ClFN2. The Morgan fingerprint density at radius 2 is 1.93 bits per heavy atom. The molecule has 0 heterocycles. The minimum Gasteiger partial charge on any atom is -0.397 e. The summed E-state index contributed by atoms with van der Waals surface area (Å²) in [6, 6.07) is 2.24. The van der Waals surface area contributed by atoms with Crippen LogP contribution in [0.1, 0.15) is 25.5 Å². The summed E-state index contributed by atoms with van der Waals surface area (Å²) >= 11 is 5.75. The second kappa shape index (κ2) is 4.15. The van der Waals surface area contributed by atoms with Gasteiger partial charge in [0.25, 0.3) is 0 Å². The van der Waals surface area contributed by atoms with Gasteiger partial charge in [0.05, 0.1) is 10.7 Å². The Kier molecular flexibility index (Phi) is 3.34. The summed E-state index contributed by atoms with van der Waals surface area (Å²) in [6.45, 7) is 3.89. The van der Waals surface area contributed by atoms with E-state index < -0.39 is 5.82 Å². The van der Waals surface area contributed by atoms with Gasteiger partial charge in [-0.1, -0.05) is 25.4 Å². The van der Waals surface area contributed by atoms with Crippen LogP contribution in [0.3, 0.4) is 0 Å². The Labute approximate surface area is 88.0 Å². The average molecular weight is 217 g/mol. The summed E-state index contributed by atoms with van der Waals surface area (Å²) in [4.78, 5) is 0. The quantitative estimate of drug-likeness (QED) is 0.747. The van der Waals surface area contributed by atoms with Crippen molar-refractivity contribution in [1.82, 2.24) is 0 Å². The molecule has 0 aliphatic heterocycles. The largest absolute Gasteiger partial charge is 0.397 e. The van der Waals surface area contributed by atoms with Crippen LogP contribution in [0.15, 0.2) is 12.1 Å². The molecule has 1 rings (SSSR count). The van der Waals surface area contributed by atoms with Crippen LogP contribution in [-0.2, 0) is 0 Å². The molecule has 0 aliphatic rings.